The second-order valence-corrected chi connectivity index (χ2v) is 8.59. The molecule has 6 heteroatoms. The maximum Gasteiger partial charge on any atom is 0.227 e. The first-order valence-electron chi connectivity index (χ1n) is 11.0. The Bertz CT molecular complexity index is 920. The number of hydrogen-bond acceptors (Lipinski definition) is 4. The fourth-order valence-corrected chi connectivity index (χ4v) is 4.48. The van der Waals surface area contributed by atoms with Crippen LogP contribution in [-0.4, -0.2) is 49.5 Å². The number of rotatable bonds is 6. The molecule has 2 saturated heterocycles. The summed E-state index contributed by atoms with van der Waals surface area (Å²) in [5.74, 6) is 0.457. The standard InChI is InChI=1S/C25H31N3O3/c1-18-5-3-4-6-19(18)16-27-13-11-21(12-14-27)26-25(30)20-15-24(29)28(17-20)22-7-9-23(31-2)10-8-22/h3-10,20-21H,11-17H2,1-2H3,(H,26,30). The van der Waals surface area contributed by atoms with Gasteiger partial charge in [-0.25, -0.2) is 0 Å². The van der Waals surface area contributed by atoms with Crippen molar-refractivity contribution < 1.29 is 14.3 Å². The van der Waals surface area contributed by atoms with Crippen molar-refractivity contribution >= 4 is 17.5 Å². The highest BCUT2D eigenvalue weighted by atomic mass is 16.5. The van der Waals surface area contributed by atoms with Gasteiger partial charge in [-0.2, -0.15) is 0 Å². The van der Waals surface area contributed by atoms with E-state index in [0.29, 0.717) is 6.54 Å². The van der Waals surface area contributed by atoms with Crippen LogP contribution in [0.2, 0.25) is 0 Å². The summed E-state index contributed by atoms with van der Waals surface area (Å²) in [5, 5.41) is 3.20. The summed E-state index contributed by atoms with van der Waals surface area (Å²) >= 11 is 0. The highest BCUT2D eigenvalue weighted by molar-refractivity contribution is 6.00. The van der Waals surface area contributed by atoms with E-state index in [1.54, 1.807) is 12.0 Å². The van der Waals surface area contributed by atoms with Crippen molar-refractivity contribution in [3.8, 4) is 5.75 Å². The van der Waals surface area contributed by atoms with Gasteiger partial charge in [-0.05, 0) is 55.2 Å². The van der Waals surface area contributed by atoms with Crippen LogP contribution in [0, 0.1) is 12.8 Å². The largest absolute Gasteiger partial charge is 0.497 e. The van der Waals surface area contributed by atoms with Gasteiger partial charge in [-0.15, -0.1) is 0 Å². The molecule has 4 rings (SSSR count). The maximum absolute atomic E-state index is 12.8. The van der Waals surface area contributed by atoms with Crippen molar-refractivity contribution in [2.75, 3.05) is 31.6 Å². The Morgan fingerprint density at radius 2 is 1.81 bits per heavy atom. The van der Waals surface area contributed by atoms with Gasteiger partial charge < -0.3 is 15.0 Å². The van der Waals surface area contributed by atoms with E-state index in [9.17, 15) is 9.59 Å². The number of amides is 2. The fraction of sp³-hybridized carbons (Fsp3) is 0.440. The first kappa shape index (κ1) is 21.4. The van der Waals surface area contributed by atoms with Crippen molar-refractivity contribution in [3.05, 3.63) is 59.7 Å². The number of piperidine rings is 1. The predicted molar refractivity (Wildman–Crippen MR) is 121 cm³/mol. The number of likely N-dealkylation sites (tertiary alicyclic amines) is 1. The van der Waals surface area contributed by atoms with Crippen molar-refractivity contribution in [2.45, 2.75) is 38.8 Å². The summed E-state index contributed by atoms with van der Waals surface area (Å²) in [7, 11) is 1.61. The highest BCUT2D eigenvalue weighted by Crippen LogP contribution is 2.27. The molecule has 31 heavy (non-hydrogen) atoms. The summed E-state index contributed by atoms with van der Waals surface area (Å²) in [6.07, 6.45) is 2.16. The number of carbonyl (C=O) groups excluding carboxylic acids is 2. The van der Waals surface area contributed by atoms with Crippen molar-refractivity contribution in [1.82, 2.24) is 10.2 Å². The zero-order chi connectivity index (χ0) is 21.8. The number of carbonyl (C=O) groups is 2. The number of aryl methyl sites for hydroxylation is 1. The molecule has 0 aliphatic carbocycles. The number of ether oxygens (including phenoxy) is 1. The summed E-state index contributed by atoms with van der Waals surface area (Å²) in [5.41, 5.74) is 3.50. The molecule has 0 radical (unpaired) electrons. The number of nitrogens with one attached hydrogen (secondary N) is 1. The quantitative estimate of drug-likeness (QED) is 0.779. The Labute approximate surface area is 184 Å². The number of benzene rings is 2. The average Bonchev–Trinajstić information content (AvgIpc) is 3.18. The van der Waals surface area contributed by atoms with E-state index in [4.69, 9.17) is 4.74 Å². The molecule has 0 bridgehead atoms. The SMILES string of the molecule is COc1ccc(N2CC(C(=O)NC3CCN(Cc4ccccc4C)CC3)CC2=O)cc1. The molecule has 2 heterocycles. The third-order valence-corrected chi connectivity index (χ3v) is 6.47. The van der Waals surface area contributed by atoms with Crippen LogP contribution in [0.3, 0.4) is 0 Å². The molecule has 0 saturated carbocycles. The number of nitrogens with zero attached hydrogens (tertiary/aromatic N) is 2. The van der Waals surface area contributed by atoms with Crippen LogP contribution in [0.15, 0.2) is 48.5 Å². The number of methoxy groups -OCH3 is 1. The van der Waals surface area contributed by atoms with Gasteiger partial charge in [0.25, 0.3) is 0 Å². The molecule has 2 aliphatic rings. The summed E-state index contributed by atoms with van der Waals surface area (Å²) in [4.78, 5) is 29.5. The van der Waals surface area contributed by atoms with E-state index in [0.717, 1.165) is 43.9 Å². The van der Waals surface area contributed by atoms with Crippen LogP contribution < -0.4 is 15.0 Å². The van der Waals surface area contributed by atoms with E-state index < -0.39 is 0 Å². The summed E-state index contributed by atoms with van der Waals surface area (Å²) < 4.78 is 5.18. The van der Waals surface area contributed by atoms with E-state index in [-0.39, 0.29) is 30.2 Å². The number of anilines is 1. The maximum atomic E-state index is 12.8. The molecule has 1 atom stereocenters. The lowest BCUT2D eigenvalue weighted by atomic mass is 10.0. The Kier molecular flexibility index (Phi) is 6.56. The van der Waals surface area contributed by atoms with Crippen LogP contribution in [-0.2, 0) is 16.1 Å². The minimum Gasteiger partial charge on any atom is -0.497 e. The molecular weight excluding hydrogens is 390 g/mol. The Balaban J connectivity index is 1.26. The van der Waals surface area contributed by atoms with Gasteiger partial charge in [0, 0.05) is 44.3 Å². The topological polar surface area (TPSA) is 61.9 Å². The van der Waals surface area contributed by atoms with E-state index >= 15 is 0 Å². The average molecular weight is 422 g/mol. The van der Waals surface area contributed by atoms with Gasteiger partial charge in [0.1, 0.15) is 5.75 Å². The predicted octanol–water partition coefficient (Wildman–Crippen LogP) is 3.14. The van der Waals surface area contributed by atoms with E-state index in [1.807, 2.05) is 24.3 Å². The third kappa shape index (κ3) is 5.07. The smallest absolute Gasteiger partial charge is 0.227 e. The first-order chi connectivity index (χ1) is 15.0. The molecule has 0 spiro atoms. The molecule has 2 amide bonds. The van der Waals surface area contributed by atoms with Gasteiger partial charge in [0.05, 0.1) is 13.0 Å². The lowest BCUT2D eigenvalue weighted by Gasteiger charge is -2.33. The monoisotopic (exact) mass is 421 g/mol. The second kappa shape index (κ2) is 9.52. The molecule has 6 nitrogen and oxygen atoms in total. The second-order valence-electron chi connectivity index (χ2n) is 8.59. The van der Waals surface area contributed by atoms with Crippen molar-refractivity contribution in [3.63, 3.8) is 0 Å². The zero-order valence-corrected chi connectivity index (χ0v) is 18.3. The van der Waals surface area contributed by atoms with Crippen molar-refractivity contribution in [2.24, 2.45) is 5.92 Å². The van der Waals surface area contributed by atoms with Gasteiger partial charge in [-0.3, -0.25) is 14.5 Å². The van der Waals surface area contributed by atoms with Crippen molar-refractivity contribution in [1.29, 1.82) is 0 Å². The minimum absolute atomic E-state index is 0.00151. The molecule has 2 fully saturated rings. The van der Waals surface area contributed by atoms with Crippen LogP contribution in [0.5, 0.6) is 5.75 Å². The van der Waals surface area contributed by atoms with E-state index in [1.165, 1.54) is 11.1 Å². The van der Waals surface area contributed by atoms with Crippen LogP contribution in [0.4, 0.5) is 5.69 Å². The highest BCUT2D eigenvalue weighted by Gasteiger charge is 2.36. The van der Waals surface area contributed by atoms with Crippen LogP contribution >= 0.6 is 0 Å². The normalized spacial score (nSPS) is 20.1. The van der Waals surface area contributed by atoms with Crippen LogP contribution in [0.1, 0.15) is 30.4 Å². The molecular formula is C25H31N3O3. The van der Waals surface area contributed by atoms with Gasteiger partial charge >= 0.3 is 0 Å². The lowest BCUT2D eigenvalue weighted by molar-refractivity contribution is -0.127. The van der Waals surface area contributed by atoms with Crippen LogP contribution in [0.25, 0.3) is 0 Å². The molecule has 1 unspecified atom stereocenters. The molecule has 2 aliphatic heterocycles. The summed E-state index contributed by atoms with van der Waals surface area (Å²) in [6, 6.07) is 16.1. The minimum atomic E-state index is -0.292. The zero-order valence-electron chi connectivity index (χ0n) is 18.3. The molecule has 1 N–H and O–H groups in total. The molecule has 2 aromatic rings. The Hall–Kier alpha value is -2.86. The number of hydrogen-bond donors (Lipinski definition) is 1. The molecule has 2 aromatic carbocycles. The van der Waals surface area contributed by atoms with Gasteiger partial charge in [0.2, 0.25) is 11.8 Å². The van der Waals surface area contributed by atoms with Gasteiger partial charge in [-0.1, -0.05) is 24.3 Å². The fourth-order valence-electron chi connectivity index (χ4n) is 4.48. The lowest BCUT2D eigenvalue weighted by Crippen LogP contribution is -2.46. The van der Waals surface area contributed by atoms with Gasteiger partial charge in [0.15, 0.2) is 0 Å². The van der Waals surface area contributed by atoms with E-state index in [2.05, 4.69) is 41.4 Å². The summed E-state index contributed by atoms with van der Waals surface area (Å²) in [6.45, 7) is 5.49. The Morgan fingerprint density at radius 1 is 1.10 bits per heavy atom. The third-order valence-electron chi connectivity index (χ3n) is 6.47. The Morgan fingerprint density at radius 3 is 2.48 bits per heavy atom. The first-order valence-corrected chi connectivity index (χ1v) is 11.0. The molecule has 164 valence electrons. The molecule has 0 aromatic heterocycles.